The van der Waals surface area contributed by atoms with Gasteiger partial charge in [-0.2, -0.15) is 0 Å². The first kappa shape index (κ1) is 23.5. The van der Waals surface area contributed by atoms with Gasteiger partial charge in [-0.1, -0.05) is 42.8 Å². The fraction of sp³-hybridized carbons (Fsp3) is 0.409. The number of nitrogens with zero attached hydrogens (tertiary/aromatic N) is 1. The average Bonchev–Trinajstić information content (AvgIpc) is 2.74. The number of morpholine rings is 1. The number of carbonyl (C=O) groups is 1. The average molecular weight is 439 g/mol. The van der Waals surface area contributed by atoms with Gasteiger partial charge in [-0.15, -0.1) is 12.4 Å². The Hall–Kier alpha value is -1.79. The first-order valence-electron chi connectivity index (χ1n) is 9.76. The Morgan fingerprint density at radius 1 is 1.21 bits per heavy atom. The van der Waals surface area contributed by atoms with E-state index in [0.29, 0.717) is 42.7 Å². The quantitative estimate of drug-likeness (QED) is 0.665. The third kappa shape index (κ3) is 6.61. The second kappa shape index (κ2) is 12.0. The van der Waals surface area contributed by atoms with Crippen molar-refractivity contribution in [2.75, 3.05) is 39.5 Å². The molecule has 1 unspecified atom stereocenters. The highest BCUT2D eigenvalue weighted by Gasteiger charge is 2.25. The van der Waals surface area contributed by atoms with Gasteiger partial charge in [-0.05, 0) is 36.2 Å². The molecule has 1 fully saturated rings. The zero-order valence-electron chi connectivity index (χ0n) is 16.6. The number of rotatable bonds is 8. The molecule has 2 aromatic rings. The molecule has 1 atom stereocenters. The predicted octanol–water partition coefficient (Wildman–Crippen LogP) is 4.35. The smallest absolute Gasteiger partial charge is 0.251 e. The summed E-state index contributed by atoms with van der Waals surface area (Å²) in [7, 11) is 0. The lowest BCUT2D eigenvalue weighted by molar-refractivity contribution is 0.0162. The summed E-state index contributed by atoms with van der Waals surface area (Å²) in [6, 6.07) is 15.1. The van der Waals surface area contributed by atoms with Crippen LogP contribution in [0.5, 0.6) is 5.75 Å². The summed E-state index contributed by atoms with van der Waals surface area (Å²) < 4.78 is 11.1. The molecule has 1 saturated heterocycles. The molecular formula is C22H28Cl2N2O3. The number of nitrogens with one attached hydrogen (secondary N) is 1. The van der Waals surface area contributed by atoms with Gasteiger partial charge in [-0.25, -0.2) is 0 Å². The highest BCUT2D eigenvalue weighted by molar-refractivity contribution is 6.31. The minimum atomic E-state index is -0.118. The van der Waals surface area contributed by atoms with Crippen LogP contribution in [0.4, 0.5) is 0 Å². The number of hydrogen-bond donors (Lipinski definition) is 1. The van der Waals surface area contributed by atoms with Crippen molar-refractivity contribution >= 4 is 29.9 Å². The van der Waals surface area contributed by atoms with Crippen molar-refractivity contribution in [1.29, 1.82) is 0 Å². The van der Waals surface area contributed by atoms with Gasteiger partial charge in [0.2, 0.25) is 0 Å². The largest absolute Gasteiger partial charge is 0.494 e. The summed E-state index contributed by atoms with van der Waals surface area (Å²) in [6.45, 7) is 6.16. The van der Waals surface area contributed by atoms with Crippen molar-refractivity contribution < 1.29 is 14.3 Å². The van der Waals surface area contributed by atoms with E-state index in [0.717, 1.165) is 25.1 Å². The van der Waals surface area contributed by atoms with Crippen LogP contribution in [0.3, 0.4) is 0 Å². The molecule has 0 spiro atoms. The summed E-state index contributed by atoms with van der Waals surface area (Å²) in [5, 5.41) is 3.78. The Morgan fingerprint density at radius 3 is 2.69 bits per heavy atom. The molecule has 3 rings (SSSR count). The Balaban J connectivity index is 0.00000300. The van der Waals surface area contributed by atoms with E-state index in [9.17, 15) is 4.79 Å². The van der Waals surface area contributed by atoms with Gasteiger partial charge in [-0.3, -0.25) is 9.69 Å². The maximum absolute atomic E-state index is 12.7. The molecule has 1 aliphatic rings. The van der Waals surface area contributed by atoms with Crippen molar-refractivity contribution in [1.82, 2.24) is 10.2 Å². The lowest BCUT2D eigenvalue weighted by Crippen LogP contribution is -2.44. The van der Waals surface area contributed by atoms with Gasteiger partial charge in [0.1, 0.15) is 5.75 Å². The molecule has 1 aliphatic heterocycles. The third-order valence-electron chi connectivity index (χ3n) is 4.78. The Labute approximate surface area is 183 Å². The zero-order chi connectivity index (χ0) is 19.8. The molecule has 5 nitrogen and oxygen atoms in total. The van der Waals surface area contributed by atoms with Crippen LogP contribution in [0.15, 0.2) is 48.5 Å². The van der Waals surface area contributed by atoms with E-state index in [1.807, 2.05) is 36.4 Å². The van der Waals surface area contributed by atoms with Gasteiger partial charge < -0.3 is 14.8 Å². The number of ether oxygens (including phenoxy) is 2. The van der Waals surface area contributed by atoms with Crippen LogP contribution in [0.25, 0.3) is 0 Å². The van der Waals surface area contributed by atoms with Gasteiger partial charge >= 0.3 is 0 Å². The molecular weight excluding hydrogens is 411 g/mol. The van der Waals surface area contributed by atoms with E-state index in [-0.39, 0.29) is 24.4 Å². The monoisotopic (exact) mass is 438 g/mol. The summed E-state index contributed by atoms with van der Waals surface area (Å²) in [5.74, 6) is 0.595. The van der Waals surface area contributed by atoms with E-state index < -0.39 is 0 Å². The van der Waals surface area contributed by atoms with Crippen molar-refractivity contribution in [3.63, 3.8) is 0 Å². The van der Waals surface area contributed by atoms with Crippen molar-refractivity contribution in [2.45, 2.75) is 19.4 Å². The summed E-state index contributed by atoms with van der Waals surface area (Å²) >= 11 is 6.45. The van der Waals surface area contributed by atoms with E-state index in [2.05, 4.69) is 17.1 Å². The lowest BCUT2D eigenvalue weighted by Gasteiger charge is -2.35. The van der Waals surface area contributed by atoms with Crippen molar-refractivity contribution in [3.8, 4) is 5.75 Å². The maximum Gasteiger partial charge on any atom is 0.251 e. The molecule has 0 aromatic heterocycles. The molecule has 158 valence electrons. The molecule has 0 aliphatic carbocycles. The second-order valence-corrected chi connectivity index (χ2v) is 7.18. The number of halogens is 2. The topological polar surface area (TPSA) is 50.8 Å². The van der Waals surface area contributed by atoms with E-state index in [4.69, 9.17) is 21.1 Å². The summed E-state index contributed by atoms with van der Waals surface area (Å²) in [6.07, 6.45) is 0.926. The fourth-order valence-electron chi connectivity index (χ4n) is 3.31. The number of hydrogen-bond acceptors (Lipinski definition) is 4. The molecule has 29 heavy (non-hydrogen) atoms. The summed E-state index contributed by atoms with van der Waals surface area (Å²) in [5.41, 5.74) is 1.61. The Kier molecular flexibility index (Phi) is 9.74. The molecule has 0 radical (unpaired) electrons. The molecule has 1 amide bonds. The molecule has 7 heteroatoms. The highest BCUT2D eigenvalue weighted by Crippen LogP contribution is 2.28. The van der Waals surface area contributed by atoms with E-state index >= 15 is 0 Å². The minimum Gasteiger partial charge on any atom is -0.494 e. The Morgan fingerprint density at radius 2 is 1.97 bits per heavy atom. The molecule has 0 saturated carbocycles. The minimum absolute atomic E-state index is 0. The van der Waals surface area contributed by atoms with Crippen LogP contribution in [0.2, 0.25) is 5.02 Å². The number of benzene rings is 2. The number of carbonyl (C=O) groups excluding carboxylic acids is 1. The van der Waals surface area contributed by atoms with Crippen LogP contribution >= 0.6 is 24.0 Å². The van der Waals surface area contributed by atoms with Crippen molar-refractivity contribution in [2.24, 2.45) is 0 Å². The highest BCUT2D eigenvalue weighted by atomic mass is 35.5. The maximum atomic E-state index is 12.7. The van der Waals surface area contributed by atoms with E-state index in [1.54, 1.807) is 12.1 Å². The molecule has 0 bridgehead atoms. The van der Waals surface area contributed by atoms with Gasteiger partial charge in [0.05, 0.1) is 25.9 Å². The van der Waals surface area contributed by atoms with Crippen LogP contribution in [-0.4, -0.2) is 50.3 Å². The van der Waals surface area contributed by atoms with E-state index in [1.165, 1.54) is 0 Å². The third-order valence-corrected chi connectivity index (χ3v) is 5.12. The van der Waals surface area contributed by atoms with Gasteiger partial charge in [0.25, 0.3) is 5.91 Å². The van der Waals surface area contributed by atoms with Crippen LogP contribution < -0.4 is 10.1 Å². The Bertz CT molecular complexity index is 782. The first-order chi connectivity index (χ1) is 13.7. The normalized spacial score (nSPS) is 15.2. The van der Waals surface area contributed by atoms with Crippen LogP contribution in [0, 0.1) is 0 Å². The standard InChI is InChI=1S/C22H27ClN2O3.ClH/c1-2-12-28-18-7-5-6-17(15-18)22(26)24-16-21(25-10-13-27-14-11-25)19-8-3-4-9-20(19)23;/h3-9,15,21H,2,10-14,16H2,1H3,(H,24,26);1H. The second-order valence-electron chi connectivity index (χ2n) is 6.77. The molecule has 1 heterocycles. The molecule has 2 aromatic carbocycles. The van der Waals surface area contributed by atoms with Crippen LogP contribution in [-0.2, 0) is 4.74 Å². The van der Waals surface area contributed by atoms with Crippen molar-refractivity contribution in [3.05, 3.63) is 64.7 Å². The fourth-order valence-corrected chi connectivity index (χ4v) is 3.57. The zero-order valence-corrected chi connectivity index (χ0v) is 18.2. The van der Waals surface area contributed by atoms with Gasteiger partial charge in [0.15, 0.2) is 0 Å². The first-order valence-corrected chi connectivity index (χ1v) is 10.1. The number of amides is 1. The lowest BCUT2D eigenvalue weighted by atomic mass is 10.0. The van der Waals surface area contributed by atoms with Gasteiger partial charge in [0, 0.05) is 30.2 Å². The SMILES string of the molecule is CCCOc1cccc(C(=O)NCC(c2ccccc2Cl)N2CCOCC2)c1.Cl. The summed E-state index contributed by atoms with van der Waals surface area (Å²) in [4.78, 5) is 15.0. The molecule has 1 N–H and O–H groups in total. The predicted molar refractivity (Wildman–Crippen MR) is 118 cm³/mol. The van der Waals surface area contributed by atoms with Crippen LogP contribution in [0.1, 0.15) is 35.3 Å².